The summed E-state index contributed by atoms with van der Waals surface area (Å²) in [6.07, 6.45) is 3.77. The molecular weight excluding hydrogens is 1110 g/mol. The highest BCUT2D eigenvalue weighted by Crippen LogP contribution is 2.35. The van der Waals surface area contributed by atoms with E-state index in [1.807, 2.05) is 88.7 Å². The zero-order valence-corrected chi connectivity index (χ0v) is 48.9. The molecule has 3 amide bonds. The number of hydrazine groups is 1. The number of β-amino-alcohol motifs (C(OH)–C–C–N with tert-alkyl or cyclic N) is 1. The molecule has 4 saturated heterocycles. The fourth-order valence-electron chi connectivity index (χ4n) is 12.0. The Morgan fingerprint density at radius 2 is 1.60 bits per heavy atom. The molecule has 0 spiro atoms. The minimum atomic E-state index is -3.08. The molecule has 4 aliphatic heterocycles. The Kier molecular flexibility index (Phi) is 18.2. The number of nitrogens with zero attached hydrogens (tertiary/aromatic N) is 8. The third-order valence-electron chi connectivity index (χ3n) is 16.6. The van der Waals surface area contributed by atoms with E-state index < -0.39 is 75.6 Å². The molecule has 442 valence electrons. The lowest BCUT2D eigenvalue weighted by Gasteiger charge is -2.36. The number of anilines is 2. The minimum absolute atomic E-state index is 0.00744. The van der Waals surface area contributed by atoms with Gasteiger partial charge in [0.15, 0.2) is 5.82 Å². The van der Waals surface area contributed by atoms with Gasteiger partial charge in [0.2, 0.25) is 23.5 Å². The van der Waals surface area contributed by atoms with Crippen molar-refractivity contribution in [2.75, 3.05) is 81.3 Å². The van der Waals surface area contributed by atoms with Crippen molar-refractivity contribution in [2.24, 2.45) is 11.3 Å². The quantitative estimate of drug-likeness (QED) is 0.0521. The average molecular weight is 1180 g/mol. The molecule has 6 aromatic rings. The molecule has 0 bridgehead atoms. The number of aromatic amines is 1. The van der Waals surface area contributed by atoms with Gasteiger partial charge in [0.05, 0.1) is 58.1 Å². The molecule has 3 aromatic carbocycles. The number of aryl methyl sites for hydroxylation is 1. The van der Waals surface area contributed by atoms with E-state index in [9.17, 15) is 37.4 Å². The molecule has 83 heavy (non-hydrogen) atoms. The number of aromatic nitrogens is 3. The number of piperidine rings is 1. The van der Waals surface area contributed by atoms with Crippen LogP contribution in [0.5, 0.6) is 0 Å². The molecule has 23 heteroatoms. The van der Waals surface area contributed by atoms with Crippen LogP contribution in [0.15, 0.2) is 84.6 Å². The number of likely N-dealkylation sites (tertiary alicyclic amines) is 1. The number of alkyl halides is 1. The van der Waals surface area contributed by atoms with Crippen molar-refractivity contribution in [3.63, 3.8) is 0 Å². The number of aliphatic hydroxyl groups is 1. The number of ketones is 1. The van der Waals surface area contributed by atoms with E-state index in [1.54, 1.807) is 23.6 Å². The minimum Gasteiger partial charge on any atom is -0.754 e. The van der Waals surface area contributed by atoms with Gasteiger partial charge in [-0.3, -0.25) is 28.3 Å². The molecule has 6 atom stereocenters. The number of carbonyl (C=O) groups excluding carboxylic acids is 4. The lowest BCUT2D eigenvalue weighted by Crippen LogP contribution is -2.58. The SMILES string of the molecule is Cc1ncsc1-c1ccc([C@H](C)NC(=O)[C@@H]2C[C@@H](O)CN2C(=O)[C@@H](NC(=O)CN2CCCN(CC3CCN(c4ccc(-c5cnc6[nH]cc(C(=O)c7c(F)ccc(N(N8CC[C@@H](F)C8)S(=O)[O-])c7F)c6c5)cc4)CC3)CC2)C(C)(C)C)cc1. The smallest absolute Gasteiger partial charge is 0.246 e. The van der Waals surface area contributed by atoms with E-state index in [-0.39, 0.29) is 62.4 Å². The van der Waals surface area contributed by atoms with Gasteiger partial charge in [0, 0.05) is 86.8 Å². The molecule has 0 radical (unpaired) electrons. The number of amides is 3. The maximum absolute atomic E-state index is 16.1. The van der Waals surface area contributed by atoms with Gasteiger partial charge in [-0.2, -0.15) is 0 Å². The van der Waals surface area contributed by atoms with Crippen LogP contribution in [0.1, 0.15) is 93.0 Å². The summed E-state index contributed by atoms with van der Waals surface area (Å²) < 4.78 is 70.5. The number of aliphatic hydroxyl groups excluding tert-OH is 1. The number of hydrogen-bond acceptors (Lipinski definition) is 14. The second-order valence-electron chi connectivity index (χ2n) is 23.5. The zero-order chi connectivity index (χ0) is 58.9. The first-order valence-electron chi connectivity index (χ1n) is 28.4. The zero-order valence-electron chi connectivity index (χ0n) is 47.3. The Labute approximate surface area is 487 Å². The predicted molar refractivity (Wildman–Crippen MR) is 313 cm³/mol. The van der Waals surface area contributed by atoms with Gasteiger partial charge in [0.1, 0.15) is 35.4 Å². The third-order valence-corrected chi connectivity index (χ3v) is 18.3. The number of thiazole rings is 1. The van der Waals surface area contributed by atoms with Crippen LogP contribution >= 0.6 is 11.3 Å². The largest absolute Gasteiger partial charge is 0.754 e. The van der Waals surface area contributed by atoms with Crippen LogP contribution < -0.4 is 19.9 Å². The van der Waals surface area contributed by atoms with Gasteiger partial charge < -0.3 is 40.0 Å². The van der Waals surface area contributed by atoms with E-state index in [4.69, 9.17) is 0 Å². The molecule has 0 saturated carbocycles. The molecule has 10 rings (SSSR count). The lowest BCUT2D eigenvalue weighted by atomic mass is 9.85. The molecule has 1 unspecified atom stereocenters. The summed E-state index contributed by atoms with van der Waals surface area (Å²) in [4.78, 5) is 77.2. The summed E-state index contributed by atoms with van der Waals surface area (Å²) in [5.41, 5.74) is 5.28. The Morgan fingerprint density at radius 1 is 0.892 bits per heavy atom. The van der Waals surface area contributed by atoms with E-state index in [2.05, 4.69) is 40.3 Å². The van der Waals surface area contributed by atoms with Crippen LogP contribution in [0.25, 0.3) is 32.6 Å². The second-order valence-corrected chi connectivity index (χ2v) is 25.1. The first-order valence-corrected chi connectivity index (χ1v) is 30.3. The number of rotatable bonds is 17. The van der Waals surface area contributed by atoms with E-state index in [0.29, 0.717) is 33.5 Å². The van der Waals surface area contributed by atoms with Crippen molar-refractivity contribution in [1.82, 2.24) is 45.3 Å². The van der Waals surface area contributed by atoms with Gasteiger partial charge in [-0.15, -0.1) is 11.3 Å². The van der Waals surface area contributed by atoms with Crippen molar-refractivity contribution < 1.29 is 46.2 Å². The molecule has 4 N–H and O–H groups in total. The topological polar surface area (TPSA) is 214 Å². The molecular formula is C60H71F3N11O7S2-. The third kappa shape index (κ3) is 13.4. The molecule has 7 heterocycles. The van der Waals surface area contributed by atoms with Crippen molar-refractivity contribution in [3.05, 3.63) is 119 Å². The number of halogens is 3. The maximum atomic E-state index is 16.1. The molecule has 4 aliphatic rings. The van der Waals surface area contributed by atoms with Crippen LogP contribution in [0.3, 0.4) is 0 Å². The Morgan fingerprint density at radius 3 is 2.28 bits per heavy atom. The normalized spacial score (nSPS) is 20.8. The monoisotopic (exact) mass is 1180 g/mol. The molecule has 0 aliphatic carbocycles. The highest BCUT2D eigenvalue weighted by molar-refractivity contribution is 7.80. The average Bonchev–Trinajstić information content (AvgIpc) is 4.40. The van der Waals surface area contributed by atoms with Crippen molar-refractivity contribution in [3.8, 4) is 21.6 Å². The molecule has 18 nitrogen and oxygen atoms in total. The fourth-order valence-corrected chi connectivity index (χ4v) is 13.4. The standard InChI is InChI=1S/C60H72F3N11O7S2/c1-36(39-7-9-41(10-8-39)55-37(2)66-35-82-55)67-58(78)50-28-45(75)33-73(50)59(79)56(60(3,4)5)68-51(76)34-70-21-6-20-69(25-26-70)31-38-17-22-71(23-18-38)44-13-11-40(12-14-44)42-27-46-47(30-65-57(46)64-29-42)54(77)52-48(62)15-16-49(53(52)63)74(83(80)81)72-24-19-43(61)32-72/h7-16,27,29-30,35-36,38,43,45,50,56,75H,6,17-26,28,31-34H2,1-5H3,(H,64,65)(H,67,78)(H,68,76)(H,80,81)/p-1/t36-,43+,45+,50-,56+/m0/s1. The van der Waals surface area contributed by atoms with Gasteiger partial charge in [-0.1, -0.05) is 57.2 Å². The van der Waals surface area contributed by atoms with Crippen LogP contribution in [0.4, 0.5) is 24.5 Å². The van der Waals surface area contributed by atoms with E-state index in [0.717, 1.165) is 109 Å². The number of pyridine rings is 1. The fraction of sp³-hybridized carbons (Fsp3) is 0.467. The van der Waals surface area contributed by atoms with Gasteiger partial charge in [0.25, 0.3) is 0 Å². The number of carbonyl (C=O) groups is 4. The predicted octanol–water partition coefficient (Wildman–Crippen LogP) is 7.32. The van der Waals surface area contributed by atoms with Crippen LogP contribution in [-0.2, 0) is 25.7 Å². The van der Waals surface area contributed by atoms with E-state index in [1.165, 1.54) is 11.1 Å². The number of fused-ring (bicyclic) bond motifs is 1. The highest BCUT2D eigenvalue weighted by Gasteiger charge is 2.45. The summed E-state index contributed by atoms with van der Waals surface area (Å²) in [6.45, 7) is 15.2. The summed E-state index contributed by atoms with van der Waals surface area (Å²) >= 11 is -1.51. The lowest BCUT2D eigenvalue weighted by molar-refractivity contribution is -0.144. The summed E-state index contributed by atoms with van der Waals surface area (Å²) in [6, 6.07) is 17.2. The summed E-state index contributed by atoms with van der Waals surface area (Å²) in [5.74, 6) is -4.11. The molecule has 4 fully saturated rings. The first-order chi connectivity index (χ1) is 39.7. The Balaban J connectivity index is 0.696. The van der Waals surface area contributed by atoms with Crippen LogP contribution in [0, 0.1) is 29.9 Å². The number of hydrogen-bond donors (Lipinski definition) is 4. The van der Waals surface area contributed by atoms with E-state index >= 15 is 8.78 Å². The number of H-pyrrole nitrogens is 1. The van der Waals surface area contributed by atoms with Crippen LogP contribution in [-0.4, -0.2) is 168 Å². The number of nitrogens with one attached hydrogen (secondary N) is 3. The van der Waals surface area contributed by atoms with Crippen molar-refractivity contribution in [2.45, 2.75) is 97.1 Å². The second kappa shape index (κ2) is 25.3. The van der Waals surface area contributed by atoms with Crippen molar-refractivity contribution >= 4 is 68.5 Å². The summed E-state index contributed by atoms with van der Waals surface area (Å²) in [5, 5.41) is 18.3. The Bertz CT molecular complexity index is 3350. The van der Waals surface area contributed by atoms with Gasteiger partial charge >= 0.3 is 0 Å². The number of benzene rings is 3. The summed E-state index contributed by atoms with van der Waals surface area (Å²) in [7, 11) is 0. The van der Waals surface area contributed by atoms with Crippen LogP contribution in [0.2, 0.25) is 0 Å². The molecule has 3 aromatic heterocycles. The maximum Gasteiger partial charge on any atom is 0.246 e. The first kappa shape index (κ1) is 59.6. The highest BCUT2D eigenvalue weighted by atomic mass is 32.2. The van der Waals surface area contributed by atoms with Gasteiger partial charge in [-0.25, -0.2) is 32.6 Å². The van der Waals surface area contributed by atoms with Crippen molar-refractivity contribution in [1.29, 1.82) is 0 Å². The van der Waals surface area contributed by atoms with Gasteiger partial charge in [-0.05, 0) is 111 Å². The Hall–Kier alpha value is -6.60.